The largest absolute Gasteiger partial charge is 0.352 e. The minimum Gasteiger partial charge on any atom is -0.352 e. The molecule has 20 heavy (non-hydrogen) atoms. The van der Waals surface area contributed by atoms with E-state index < -0.39 is 6.04 Å². The van der Waals surface area contributed by atoms with Crippen LogP contribution in [0.15, 0.2) is 36.9 Å². The molecule has 1 atom stereocenters. The Labute approximate surface area is 119 Å². The zero-order valence-electron chi connectivity index (χ0n) is 11.7. The van der Waals surface area contributed by atoms with Crippen molar-refractivity contribution in [3.8, 4) is 0 Å². The average Bonchev–Trinajstić information content (AvgIpc) is 2.45. The predicted molar refractivity (Wildman–Crippen MR) is 80.5 cm³/mol. The van der Waals surface area contributed by atoms with Crippen LogP contribution in [0.1, 0.15) is 30.1 Å². The SMILES string of the molecule is C=CCC(N)C(=O)Nc1ccccc1C(=O)NCCC. The molecule has 0 aromatic heterocycles. The van der Waals surface area contributed by atoms with Crippen LogP contribution >= 0.6 is 0 Å². The van der Waals surface area contributed by atoms with Crippen LogP contribution in [0.25, 0.3) is 0 Å². The second kappa shape index (κ2) is 8.12. The number of hydrogen-bond donors (Lipinski definition) is 3. The summed E-state index contributed by atoms with van der Waals surface area (Å²) < 4.78 is 0. The lowest BCUT2D eigenvalue weighted by Crippen LogP contribution is -2.36. The smallest absolute Gasteiger partial charge is 0.253 e. The lowest BCUT2D eigenvalue weighted by atomic mass is 10.1. The molecule has 1 unspecified atom stereocenters. The molecule has 4 N–H and O–H groups in total. The highest BCUT2D eigenvalue weighted by molar-refractivity contribution is 6.04. The molecule has 5 nitrogen and oxygen atoms in total. The van der Waals surface area contributed by atoms with E-state index in [0.717, 1.165) is 6.42 Å². The van der Waals surface area contributed by atoms with E-state index in [-0.39, 0.29) is 11.8 Å². The molecule has 0 fully saturated rings. The third-order valence-corrected chi connectivity index (χ3v) is 2.72. The first-order valence-corrected chi connectivity index (χ1v) is 6.64. The molecule has 108 valence electrons. The average molecular weight is 275 g/mol. The van der Waals surface area contributed by atoms with E-state index in [1.807, 2.05) is 6.92 Å². The second-order valence-electron chi connectivity index (χ2n) is 4.42. The number of nitrogens with two attached hydrogens (primary N) is 1. The molecule has 0 saturated heterocycles. The number of para-hydroxylation sites is 1. The van der Waals surface area contributed by atoms with Crippen LogP contribution in [0, 0.1) is 0 Å². The normalized spacial score (nSPS) is 11.5. The molecule has 0 saturated carbocycles. The van der Waals surface area contributed by atoms with Crippen molar-refractivity contribution in [1.82, 2.24) is 5.32 Å². The van der Waals surface area contributed by atoms with Crippen LogP contribution in [0.3, 0.4) is 0 Å². The van der Waals surface area contributed by atoms with Gasteiger partial charge in [0.05, 0.1) is 17.3 Å². The van der Waals surface area contributed by atoms with Gasteiger partial charge in [-0.05, 0) is 25.0 Å². The summed E-state index contributed by atoms with van der Waals surface area (Å²) in [4.78, 5) is 23.9. The maximum atomic E-state index is 12.0. The molecule has 1 aromatic rings. The number of nitrogens with one attached hydrogen (secondary N) is 2. The Morgan fingerprint density at radius 1 is 1.40 bits per heavy atom. The summed E-state index contributed by atoms with van der Waals surface area (Å²) in [6.45, 7) is 6.11. The van der Waals surface area contributed by atoms with E-state index in [0.29, 0.717) is 24.2 Å². The molecule has 0 bridgehead atoms. The molecule has 0 heterocycles. The van der Waals surface area contributed by atoms with Gasteiger partial charge in [-0.1, -0.05) is 25.1 Å². The monoisotopic (exact) mass is 275 g/mol. The predicted octanol–water partition coefficient (Wildman–Crippen LogP) is 1.67. The summed E-state index contributed by atoms with van der Waals surface area (Å²) in [7, 11) is 0. The van der Waals surface area contributed by atoms with Gasteiger partial charge in [0.25, 0.3) is 5.91 Å². The van der Waals surface area contributed by atoms with E-state index >= 15 is 0 Å². The summed E-state index contributed by atoms with van der Waals surface area (Å²) in [5.74, 6) is -0.541. The highest BCUT2D eigenvalue weighted by atomic mass is 16.2. The van der Waals surface area contributed by atoms with Gasteiger partial charge in [0, 0.05) is 6.54 Å². The first-order chi connectivity index (χ1) is 9.60. The van der Waals surface area contributed by atoms with Crippen LogP contribution in [0.5, 0.6) is 0 Å². The number of benzene rings is 1. The molecular weight excluding hydrogens is 254 g/mol. The zero-order valence-corrected chi connectivity index (χ0v) is 11.7. The molecule has 2 amide bonds. The molecule has 0 aliphatic carbocycles. The standard InChI is InChI=1S/C15H21N3O2/c1-3-7-12(16)15(20)18-13-9-6-5-8-11(13)14(19)17-10-4-2/h3,5-6,8-9,12H,1,4,7,10,16H2,2H3,(H,17,19)(H,18,20). The topological polar surface area (TPSA) is 84.2 Å². The summed E-state index contributed by atoms with van der Waals surface area (Å²) >= 11 is 0. The minimum atomic E-state index is -0.667. The van der Waals surface area contributed by atoms with Crippen LogP contribution < -0.4 is 16.4 Å². The highest BCUT2D eigenvalue weighted by Gasteiger charge is 2.16. The third-order valence-electron chi connectivity index (χ3n) is 2.72. The van der Waals surface area contributed by atoms with E-state index in [9.17, 15) is 9.59 Å². The quantitative estimate of drug-likeness (QED) is 0.662. The molecule has 0 aliphatic rings. The van der Waals surface area contributed by atoms with Crippen molar-refractivity contribution in [2.24, 2.45) is 5.73 Å². The fraction of sp³-hybridized carbons (Fsp3) is 0.333. The van der Waals surface area contributed by atoms with E-state index in [2.05, 4.69) is 17.2 Å². The highest BCUT2D eigenvalue weighted by Crippen LogP contribution is 2.15. The van der Waals surface area contributed by atoms with Gasteiger partial charge < -0.3 is 16.4 Å². The Morgan fingerprint density at radius 2 is 2.10 bits per heavy atom. The summed E-state index contributed by atoms with van der Waals surface area (Å²) in [5.41, 5.74) is 6.59. The Hall–Kier alpha value is -2.14. The van der Waals surface area contributed by atoms with Gasteiger partial charge in [-0.2, -0.15) is 0 Å². The first-order valence-electron chi connectivity index (χ1n) is 6.64. The van der Waals surface area contributed by atoms with Crippen LogP contribution in [-0.2, 0) is 4.79 Å². The minimum absolute atomic E-state index is 0.208. The van der Waals surface area contributed by atoms with Gasteiger partial charge in [0.15, 0.2) is 0 Å². The lowest BCUT2D eigenvalue weighted by molar-refractivity contribution is -0.117. The molecule has 5 heteroatoms. The molecular formula is C15H21N3O2. The summed E-state index contributed by atoms with van der Waals surface area (Å²) in [5, 5.41) is 5.46. The number of carbonyl (C=O) groups is 2. The van der Waals surface area contributed by atoms with Crippen molar-refractivity contribution in [2.45, 2.75) is 25.8 Å². The zero-order chi connectivity index (χ0) is 15.0. The molecule has 1 rings (SSSR count). The number of rotatable bonds is 7. The number of anilines is 1. The van der Waals surface area contributed by atoms with E-state index in [4.69, 9.17) is 5.73 Å². The third kappa shape index (κ3) is 4.51. The maximum absolute atomic E-state index is 12.0. The van der Waals surface area contributed by atoms with Gasteiger partial charge in [-0.3, -0.25) is 9.59 Å². The summed E-state index contributed by atoms with van der Waals surface area (Å²) in [6.07, 6.45) is 2.82. The van der Waals surface area contributed by atoms with E-state index in [1.54, 1.807) is 30.3 Å². The van der Waals surface area contributed by atoms with Crippen molar-refractivity contribution in [3.05, 3.63) is 42.5 Å². The van der Waals surface area contributed by atoms with Crippen LogP contribution in [0.4, 0.5) is 5.69 Å². The van der Waals surface area contributed by atoms with Crippen LogP contribution in [-0.4, -0.2) is 24.4 Å². The lowest BCUT2D eigenvalue weighted by Gasteiger charge is -2.13. The number of amides is 2. The van der Waals surface area contributed by atoms with E-state index in [1.165, 1.54) is 0 Å². The van der Waals surface area contributed by atoms with Gasteiger partial charge in [-0.25, -0.2) is 0 Å². The number of carbonyl (C=O) groups excluding carboxylic acids is 2. The Balaban J connectivity index is 2.82. The van der Waals surface area contributed by atoms with Gasteiger partial charge in [-0.15, -0.1) is 6.58 Å². The first kappa shape index (κ1) is 15.9. The van der Waals surface area contributed by atoms with Crippen molar-refractivity contribution < 1.29 is 9.59 Å². The molecule has 0 spiro atoms. The fourth-order valence-electron chi connectivity index (χ4n) is 1.64. The molecule has 0 radical (unpaired) electrons. The maximum Gasteiger partial charge on any atom is 0.253 e. The Morgan fingerprint density at radius 3 is 2.75 bits per heavy atom. The van der Waals surface area contributed by atoms with Crippen molar-refractivity contribution in [1.29, 1.82) is 0 Å². The van der Waals surface area contributed by atoms with Crippen LogP contribution in [0.2, 0.25) is 0 Å². The Bertz CT molecular complexity index is 486. The molecule has 0 aliphatic heterocycles. The fourth-order valence-corrected chi connectivity index (χ4v) is 1.64. The van der Waals surface area contributed by atoms with Gasteiger partial charge in [0.2, 0.25) is 5.91 Å². The van der Waals surface area contributed by atoms with Gasteiger partial charge >= 0.3 is 0 Å². The van der Waals surface area contributed by atoms with Crippen molar-refractivity contribution in [3.63, 3.8) is 0 Å². The van der Waals surface area contributed by atoms with Crippen molar-refractivity contribution >= 4 is 17.5 Å². The number of hydrogen-bond acceptors (Lipinski definition) is 3. The molecule has 1 aromatic carbocycles. The summed E-state index contributed by atoms with van der Waals surface area (Å²) in [6, 6.07) is 6.18. The van der Waals surface area contributed by atoms with Crippen molar-refractivity contribution in [2.75, 3.05) is 11.9 Å². The second-order valence-corrected chi connectivity index (χ2v) is 4.42. The van der Waals surface area contributed by atoms with Gasteiger partial charge in [0.1, 0.15) is 0 Å². The Kier molecular flexibility index (Phi) is 6.46.